The molecule has 0 spiro atoms. The fourth-order valence-corrected chi connectivity index (χ4v) is 3.70. The highest BCUT2D eigenvalue weighted by Crippen LogP contribution is 2.26. The maximum absolute atomic E-state index is 12.2. The van der Waals surface area contributed by atoms with Gasteiger partial charge in [0.05, 0.1) is 6.61 Å². The zero-order valence-electron chi connectivity index (χ0n) is 18.2. The van der Waals surface area contributed by atoms with Crippen LogP contribution in [0.25, 0.3) is 0 Å². The van der Waals surface area contributed by atoms with Crippen molar-refractivity contribution in [3.05, 3.63) is 58.1 Å². The smallest absolute Gasteiger partial charge is 0.224 e. The van der Waals surface area contributed by atoms with E-state index in [2.05, 4.69) is 34.3 Å². The number of rotatable bonds is 8. The number of hydrogen-bond acceptors (Lipinski definition) is 4. The first-order valence-corrected chi connectivity index (χ1v) is 11.0. The number of benzene rings is 2. The zero-order valence-corrected chi connectivity index (χ0v) is 19.0. The molecule has 1 amide bonds. The average Bonchev–Trinajstić information content (AvgIpc) is 2.72. The maximum atomic E-state index is 12.2. The number of hydrogen-bond donors (Lipinski definition) is 1. The number of piperazine rings is 1. The van der Waals surface area contributed by atoms with Crippen LogP contribution in [0, 0.1) is 13.8 Å². The van der Waals surface area contributed by atoms with Crippen molar-refractivity contribution in [1.29, 1.82) is 0 Å². The van der Waals surface area contributed by atoms with Gasteiger partial charge in [-0.25, -0.2) is 0 Å². The number of carbonyl (C=O) groups is 1. The third-order valence-corrected chi connectivity index (χ3v) is 6.06. The molecule has 0 aromatic heterocycles. The van der Waals surface area contributed by atoms with Crippen LogP contribution in [0.15, 0.2) is 36.4 Å². The Bertz CT molecular complexity index is 823. The lowest BCUT2D eigenvalue weighted by molar-refractivity contribution is -0.116. The van der Waals surface area contributed by atoms with Crippen molar-refractivity contribution in [3.63, 3.8) is 0 Å². The molecular formula is C24H32ClN3O2. The Kier molecular flexibility index (Phi) is 8.14. The SMILES string of the molecule is Cc1cc(OCCCC(=O)Nc2ccc(CN3CCN(C)CC3)cc2)cc(C)c1Cl. The van der Waals surface area contributed by atoms with Crippen LogP contribution in [0.4, 0.5) is 5.69 Å². The summed E-state index contributed by atoms with van der Waals surface area (Å²) in [6.07, 6.45) is 1.09. The number of nitrogens with zero attached hydrogens (tertiary/aromatic N) is 2. The van der Waals surface area contributed by atoms with E-state index < -0.39 is 0 Å². The summed E-state index contributed by atoms with van der Waals surface area (Å²) in [6, 6.07) is 12.0. The minimum atomic E-state index is 0.00823. The van der Waals surface area contributed by atoms with Gasteiger partial charge >= 0.3 is 0 Å². The van der Waals surface area contributed by atoms with Gasteiger partial charge in [0.15, 0.2) is 0 Å². The van der Waals surface area contributed by atoms with E-state index in [1.165, 1.54) is 5.56 Å². The molecule has 0 saturated carbocycles. The third-order valence-electron chi connectivity index (χ3n) is 5.47. The van der Waals surface area contributed by atoms with Crippen molar-refractivity contribution < 1.29 is 9.53 Å². The highest BCUT2D eigenvalue weighted by molar-refractivity contribution is 6.32. The van der Waals surface area contributed by atoms with Gasteiger partial charge in [-0.05, 0) is 68.3 Å². The van der Waals surface area contributed by atoms with Crippen LogP contribution in [0.1, 0.15) is 29.5 Å². The summed E-state index contributed by atoms with van der Waals surface area (Å²) in [6.45, 7) is 9.83. The van der Waals surface area contributed by atoms with Crippen molar-refractivity contribution >= 4 is 23.2 Å². The van der Waals surface area contributed by atoms with E-state index in [0.717, 1.165) is 60.3 Å². The van der Waals surface area contributed by atoms with Gasteiger partial charge in [-0.3, -0.25) is 9.69 Å². The molecule has 0 bridgehead atoms. The Hall–Kier alpha value is -2.08. The van der Waals surface area contributed by atoms with E-state index >= 15 is 0 Å². The van der Waals surface area contributed by atoms with Crippen LogP contribution < -0.4 is 10.1 Å². The summed E-state index contributed by atoms with van der Waals surface area (Å²) in [5.41, 5.74) is 4.12. The van der Waals surface area contributed by atoms with Crippen LogP contribution in [-0.4, -0.2) is 55.5 Å². The van der Waals surface area contributed by atoms with Crippen LogP contribution in [0.5, 0.6) is 5.75 Å². The highest BCUT2D eigenvalue weighted by Gasteiger charge is 2.13. The molecule has 1 N–H and O–H groups in total. The number of aryl methyl sites for hydroxylation is 2. The Balaban J connectivity index is 1.37. The first kappa shape index (κ1) is 22.6. The predicted molar refractivity (Wildman–Crippen MR) is 124 cm³/mol. The highest BCUT2D eigenvalue weighted by atomic mass is 35.5. The minimum Gasteiger partial charge on any atom is -0.494 e. The van der Waals surface area contributed by atoms with Gasteiger partial charge in [-0.1, -0.05) is 23.7 Å². The van der Waals surface area contributed by atoms with Gasteiger partial charge < -0.3 is 15.0 Å². The molecule has 3 rings (SSSR count). The number of anilines is 1. The second-order valence-corrected chi connectivity index (χ2v) is 8.53. The number of nitrogens with one attached hydrogen (secondary N) is 1. The Morgan fingerprint density at radius 1 is 1.07 bits per heavy atom. The molecule has 0 atom stereocenters. The number of carbonyl (C=O) groups excluding carboxylic acids is 1. The average molecular weight is 430 g/mol. The molecule has 1 fully saturated rings. The number of ether oxygens (including phenoxy) is 1. The van der Waals surface area contributed by atoms with E-state index in [0.29, 0.717) is 19.4 Å². The van der Waals surface area contributed by atoms with E-state index in [9.17, 15) is 4.79 Å². The fraction of sp³-hybridized carbons (Fsp3) is 0.458. The molecular weight excluding hydrogens is 398 g/mol. The normalized spacial score (nSPS) is 15.2. The lowest BCUT2D eigenvalue weighted by Crippen LogP contribution is -2.43. The Labute approximate surface area is 185 Å². The first-order chi connectivity index (χ1) is 14.4. The first-order valence-electron chi connectivity index (χ1n) is 10.6. The topological polar surface area (TPSA) is 44.8 Å². The second-order valence-electron chi connectivity index (χ2n) is 8.15. The van der Waals surface area contributed by atoms with Crippen molar-refractivity contribution in [1.82, 2.24) is 9.80 Å². The van der Waals surface area contributed by atoms with Crippen LogP contribution in [0.2, 0.25) is 5.02 Å². The molecule has 6 heteroatoms. The zero-order chi connectivity index (χ0) is 21.5. The van der Waals surface area contributed by atoms with Crippen molar-refractivity contribution in [3.8, 4) is 5.75 Å². The molecule has 30 heavy (non-hydrogen) atoms. The molecule has 1 saturated heterocycles. The molecule has 1 aliphatic rings. The molecule has 0 unspecified atom stereocenters. The molecule has 1 heterocycles. The fourth-order valence-electron chi connectivity index (χ4n) is 3.59. The molecule has 1 aliphatic heterocycles. The van der Waals surface area contributed by atoms with Crippen LogP contribution in [0.3, 0.4) is 0 Å². The largest absolute Gasteiger partial charge is 0.494 e. The summed E-state index contributed by atoms with van der Waals surface area (Å²) in [7, 11) is 2.17. The van der Waals surface area contributed by atoms with Gasteiger partial charge in [-0.15, -0.1) is 0 Å². The van der Waals surface area contributed by atoms with Gasteiger partial charge in [0, 0.05) is 49.9 Å². The lowest BCUT2D eigenvalue weighted by atomic mass is 10.1. The van der Waals surface area contributed by atoms with Gasteiger partial charge in [0.25, 0.3) is 0 Å². The van der Waals surface area contributed by atoms with Crippen molar-refractivity contribution in [2.75, 3.05) is 45.2 Å². The molecule has 5 nitrogen and oxygen atoms in total. The van der Waals surface area contributed by atoms with E-state index in [1.807, 2.05) is 38.1 Å². The van der Waals surface area contributed by atoms with Crippen LogP contribution >= 0.6 is 11.6 Å². The summed E-state index contributed by atoms with van der Waals surface area (Å²) in [5.74, 6) is 0.805. The summed E-state index contributed by atoms with van der Waals surface area (Å²) in [5, 5.41) is 3.75. The van der Waals surface area contributed by atoms with Gasteiger partial charge in [0.2, 0.25) is 5.91 Å². The molecule has 0 radical (unpaired) electrons. The minimum absolute atomic E-state index is 0.00823. The molecule has 162 valence electrons. The number of halogens is 1. The lowest BCUT2D eigenvalue weighted by Gasteiger charge is -2.32. The maximum Gasteiger partial charge on any atom is 0.224 e. The Morgan fingerprint density at radius 2 is 1.70 bits per heavy atom. The predicted octanol–water partition coefficient (Wildman–Crippen LogP) is 4.50. The molecule has 2 aromatic rings. The third kappa shape index (κ3) is 6.73. The van der Waals surface area contributed by atoms with E-state index in [1.54, 1.807) is 0 Å². The summed E-state index contributed by atoms with van der Waals surface area (Å²) < 4.78 is 5.77. The van der Waals surface area contributed by atoms with E-state index in [4.69, 9.17) is 16.3 Å². The monoisotopic (exact) mass is 429 g/mol. The molecule has 0 aliphatic carbocycles. The van der Waals surface area contributed by atoms with Crippen molar-refractivity contribution in [2.45, 2.75) is 33.2 Å². The standard InChI is InChI=1S/C24H32ClN3O2/c1-18-15-22(16-19(2)24(18)25)30-14-4-5-23(29)26-21-8-6-20(7-9-21)17-28-12-10-27(3)11-13-28/h6-9,15-16H,4-5,10-14,17H2,1-3H3,(H,26,29). The van der Waals surface area contributed by atoms with Gasteiger partial charge in [0.1, 0.15) is 5.75 Å². The molecule has 2 aromatic carbocycles. The second kappa shape index (κ2) is 10.8. The van der Waals surface area contributed by atoms with Crippen LogP contribution in [-0.2, 0) is 11.3 Å². The number of likely N-dealkylation sites (N-methyl/N-ethyl adjacent to an activating group) is 1. The summed E-state index contributed by atoms with van der Waals surface area (Å²) in [4.78, 5) is 17.0. The Morgan fingerprint density at radius 3 is 2.33 bits per heavy atom. The van der Waals surface area contributed by atoms with Crippen molar-refractivity contribution in [2.24, 2.45) is 0 Å². The number of amides is 1. The van der Waals surface area contributed by atoms with E-state index in [-0.39, 0.29) is 5.91 Å². The summed E-state index contributed by atoms with van der Waals surface area (Å²) >= 11 is 6.18. The quantitative estimate of drug-likeness (QED) is 0.627. The van der Waals surface area contributed by atoms with Gasteiger partial charge in [-0.2, -0.15) is 0 Å².